The number of hydrogen-bond donors (Lipinski definition) is 2. The summed E-state index contributed by atoms with van der Waals surface area (Å²) in [5.41, 5.74) is 1.21. The molecular weight excluding hydrogens is 525 g/mol. The highest BCUT2D eigenvalue weighted by atomic mass is 19.4. The van der Waals surface area contributed by atoms with Gasteiger partial charge >= 0.3 is 12.2 Å². The van der Waals surface area contributed by atoms with Gasteiger partial charge < -0.3 is 14.8 Å². The standard InChI is InChI=1S/C26H28F5N5O3/c1-16-23(36(18-6-4-3-5-7-18)34-24(16)39-15-26(29,30)31)33-25(37)32-22-14-35(10-11-38-2)13-19(22)17-8-9-20(27)21(28)12-17/h3-9,12,19,22H,10-11,13-15H2,1-2H3,(H2,32,33,37)/t19-,22+/m0/s1. The van der Waals surface area contributed by atoms with E-state index in [1.165, 1.54) is 17.7 Å². The number of halogens is 5. The maximum atomic E-state index is 14.0. The van der Waals surface area contributed by atoms with E-state index < -0.39 is 36.5 Å². The average molecular weight is 554 g/mol. The van der Waals surface area contributed by atoms with Crippen molar-refractivity contribution in [2.24, 2.45) is 0 Å². The van der Waals surface area contributed by atoms with E-state index in [1.54, 1.807) is 37.4 Å². The second-order valence-corrected chi connectivity index (χ2v) is 9.17. The third-order valence-corrected chi connectivity index (χ3v) is 6.38. The quantitative estimate of drug-likeness (QED) is 0.378. The van der Waals surface area contributed by atoms with Gasteiger partial charge in [-0.25, -0.2) is 18.3 Å². The number of likely N-dealkylation sites (tertiary alicyclic amines) is 1. The van der Waals surface area contributed by atoms with Crippen LogP contribution in [0.2, 0.25) is 0 Å². The molecule has 13 heteroatoms. The van der Waals surface area contributed by atoms with Crippen LogP contribution < -0.4 is 15.4 Å². The van der Waals surface area contributed by atoms with E-state index in [4.69, 9.17) is 9.47 Å². The summed E-state index contributed by atoms with van der Waals surface area (Å²) in [5.74, 6) is -2.47. The molecule has 1 aliphatic heterocycles. The maximum absolute atomic E-state index is 14.0. The number of hydrogen-bond acceptors (Lipinski definition) is 5. The largest absolute Gasteiger partial charge is 0.467 e. The average Bonchev–Trinajstić information content (AvgIpc) is 3.43. The molecule has 8 nitrogen and oxygen atoms in total. The first-order chi connectivity index (χ1) is 18.6. The van der Waals surface area contributed by atoms with Gasteiger partial charge in [0.1, 0.15) is 5.82 Å². The summed E-state index contributed by atoms with van der Waals surface area (Å²) in [7, 11) is 1.57. The van der Waals surface area contributed by atoms with E-state index in [0.717, 1.165) is 12.1 Å². The SMILES string of the molecule is COCCN1C[C@@H](NC(=O)Nc2c(C)c(OCC(F)(F)F)nn2-c2ccccc2)[C@H](c2ccc(F)c(F)c2)C1. The van der Waals surface area contributed by atoms with Gasteiger partial charge in [0.15, 0.2) is 18.2 Å². The molecule has 39 heavy (non-hydrogen) atoms. The normalized spacial score (nSPS) is 17.8. The number of urea groups is 1. The lowest BCUT2D eigenvalue weighted by atomic mass is 9.94. The molecule has 2 heterocycles. The molecule has 210 valence electrons. The van der Waals surface area contributed by atoms with Gasteiger partial charge in [-0.3, -0.25) is 10.2 Å². The third kappa shape index (κ3) is 7.03. The number of carbonyl (C=O) groups excluding carboxylic acids is 1. The minimum absolute atomic E-state index is 0.120. The summed E-state index contributed by atoms with van der Waals surface area (Å²) >= 11 is 0. The van der Waals surface area contributed by atoms with Crippen LogP contribution in [0.5, 0.6) is 5.88 Å². The number of nitrogens with zero attached hydrogens (tertiary/aromatic N) is 3. The number of carbonyl (C=O) groups is 1. The highest BCUT2D eigenvalue weighted by Gasteiger charge is 2.36. The molecule has 0 radical (unpaired) electrons. The smallest absolute Gasteiger partial charge is 0.422 e. The topological polar surface area (TPSA) is 80.7 Å². The van der Waals surface area contributed by atoms with Crippen LogP contribution in [0.1, 0.15) is 17.0 Å². The summed E-state index contributed by atoms with van der Waals surface area (Å²) < 4.78 is 77.2. The number of alkyl halides is 3. The van der Waals surface area contributed by atoms with Crippen molar-refractivity contribution >= 4 is 11.8 Å². The first kappa shape index (κ1) is 28.3. The zero-order valence-electron chi connectivity index (χ0n) is 21.3. The van der Waals surface area contributed by atoms with Crippen LogP contribution in [0.4, 0.5) is 32.6 Å². The van der Waals surface area contributed by atoms with Crippen molar-refractivity contribution in [3.05, 3.63) is 71.3 Å². The molecule has 0 unspecified atom stereocenters. The predicted octanol–water partition coefficient (Wildman–Crippen LogP) is 4.64. The monoisotopic (exact) mass is 553 g/mol. The summed E-state index contributed by atoms with van der Waals surface area (Å²) in [6.07, 6.45) is -4.57. The zero-order chi connectivity index (χ0) is 28.2. The molecule has 2 N–H and O–H groups in total. The first-order valence-corrected chi connectivity index (χ1v) is 12.1. The Labute approximate surface area is 221 Å². The van der Waals surface area contributed by atoms with Crippen LogP contribution in [-0.2, 0) is 4.74 Å². The lowest BCUT2D eigenvalue weighted by Gasteiger charge is -2.21. The predicted molar refractivity (Wildman–Crippen MR) is 133 cm³/mol. The Balaban J connectivity index is 1.57. The number of ether oxygens (including phenoxy) is 2. The van der Waals surface area contributed by atoms with Gasteiger partial charge in [-0.15, -0.1) is 5.10 Å². The molecule has 0 aliphatic carbocycles. The molecule has 2 atom stereocenters. The number of para-hydroxylation sites is 1. The van der Waals surface area contributed by atoms with Gasteiger partial charge in [-0.2, -0.15) is 13.2 Å². The fraction of sp³-hybridized carbons (Fsp3) is 0.385. The molecule has 3 aromatic rings. The zero-order valence-corrected chi connectivity index (χ0v) is 21.3. The second-order valence-electron chi connectivity index (χ2n) is 9.17. The Morgan fingerprint density at radius 2 is 1.85 bits per heavy atom. The van der Waals surface area contributed by atoms with Gasteiger partial charge in [-0.05, 0) is 36.8 Å². The number of nitrogens with one attached hydrogen (secondary N) is 2. The number of anilines is 1. The maximum Gasteiger partial charge on any atom is 0.422 e. The van der Waals surface area contributed by atoms with Crippen molar-refractivity contribution in [1.29, 1.82) is 0 Å². The fourth-order valence-electron chi connectivity index (χ4n) is 4.49. The van der Waals surface area contributed by atoms with Crippen molar-refractivity contribution in [2.45, 2.75) is 25.1 Å². The molecule has 1 aromatic heterocycles. The number of benzene rings is 2. The molecule has 0 bridgehead atoms. The van der Waals surface area contributed by atoms with E-state index in [0.29, 0.717) is 37.5 Å². The van der Waals surface area contributed by atoms with Crippen LogP contribution in [0.25, 0.3) is 5.69 Å². The van der Waals surface area contributed by atoms with E-state index >= 15 is 0 Å². The number of rotatable bonds is 9. The van der Waals surface area contributed by atoms with Crippen LogP contribution >= 0.6 is 0 Å². The number of methoxy groups -OCH3 is 1. The van der Waals surface area contributed by atoms with Crippen molar-refractivity contribution in [1.82, 2.24) is 20.0 Å². The first-order valence-electron chi connectivity index (χ1n) is 12.1. The molecule has 1 fully saturated rings. The Morgan fingerprint density at radius 3 is 2.51 bits per heavy atom. The molecule has 4 rings (SSSR count). The highest BCUT2D eigenvalue weighted by Crippen LogP contribution is 2.31. The molecular formula is C26H28F5N5O3. The van der Waals surface area contributed by atoms with Crippen molar-refractivity contribution in [3.63, 3.8) is 0 Å². The van der Waals surface area contributed by atoms with Crippen molar-refractivity contribution in [3.8, 4) is 11.6 Å². The van der Waals surface area contributed by atoms with Crippen LogP contribution in [0.15, 0.2) is 48.5 Å². The van der Waals surface area contributed by atoms with Crippen LogP contribution in [0.3, 0.4) is 0 Å². The minimum Gasteiger partial charge on any atom is -0.467 e. The lowest BCUT2D eigenvalue weighted by molar-refractivity contribution is -0.154. The van der Waals surface area contributed by atoms with Gasteiger partial charge in [-0.1, -0.05) is 24.3 Å². The molecule has 2 amide bonds. The van der Waals surface area contributed by atoms with E-state index in [2.05, 4.69) is 15.7 Å². The molecule has 0 saturated carbocycles. The summed E-state index contributed by atoms with van der Waals surface area (Å²) in [5, 5.41) is 9.71. The fourth-order valence-corrected chi connectivity index (χ4v) is 4.49. The Bertz CT molecular complexity index is 1280. The Hall–Kier alpha value is -3.71. The van der Waals surface area contributed by atoms with Crippen LogP contribution in [-0.4, -0.2) is 72.9 Å². The minimum atomic E-state index is -4.57. The molecule has 2 aromatic carbocycles. The van der Waals surface area contributed by atoms with Crippen LogP contribution in [0, 0.1) is 18.6 Å². The summed E-state index contributed by atoms with van der Waals surface area (Å²) in [6, 6.07) is 11.0. The van der Waals surface area contributed by atoms with Crippen molar-refractivity contribution in [2.75, 3.05) is 45.3 Å². The Kier molecular flexibility index (Phi) is 8.70. The molecule has 0 spiro atoms. The third-order valence-electron chi connectivity index (χ3n) is 6.38. The number of aromatic nitrogens is 2. The number of amides is 2. The van der Waals surface area contributed by atoms with Gasteiger partial charge in [0.2, 0.25) is 5.88 Å². The van der Waals surface area contributed by atoms with Gasteiger partial charge in [0, 0.05) is 32.7 Å². The highest BCUT2D eigenvalue weighted by molar-refractivity contribution is 5.90. The van der Waals surface area contributed by atoms with Crippen molar-refractivity contribution < 1.29 is 36.2 Å². The van der Waals surface area contributed by atoms with E-state index in [9.17, 15) is 26.7 Å². The van der Waals surface area contributed by atoms with E-state index in [-0.39, 0.29) is 23.2 Å². The Morgan fingerprint density at radius 1 is 1.10 bits per heavy atom. The van der Waals surface area contributed by atoms with Gasteiger partial charge in [0.05, 0.1) is 23.9 Å². The molecule has 1 aliphatic rings. The molecule has 1 saturated heterocycles. The second kappa shape index (κ2) is 12.0. The van der Waals surface area contributed by atoms with Gasteiger partial charge in [0.25, 0.3) is 0 Å². The summed E-state index contributed by atoms with van der Waals surface area (Å²) in [4.78, 5) is 15.2. The van der Waals surface area contributed by atoms with E-state index in [1.807, 2.05) is 4.90 Å². The lowest BCUT2D eigenvalue weighted by Crippen LogP contribution is -2.42. The summed E-state index contributed by atoms with van der Waals surface area (Å²) in [6.45, 7) is 1.84.